The molecule has 3 aromatic carbocycles. The molecule has 0 aromatic heterocycles. The zero-order valence-electron chi connectivity index (χ0n) is 20.5. The van der Waals surface area contributed by atoms with Gasteiger partial charge in [-0.3, -0.25) is 9.10 Å². The maximum Gasteiger partial charge on any atom is 0.264 e. The number of nitrogens with one attached hydrogen (secondary N) is 1. The van der Waals surface area contributed by atoms with Crippen molar-refractivity contribution in [1.82, 2.24) is 4.31 Å². The maximum atomic E-state index is 13.5. The quantitative estimate of drug-likeness (QED) is 0.354. The smallest absolute Gasteiger partial charge is 0.264 e. The van der Waals surface area contributed by atoms with Crippen LogP contribution in [-0.2, 0) is 24.8 Å². The molecule has 12 heteroatoms. The van der Waals surface area contributed by atoms with Crippen LogP contribution in [0.15, 0.2) is 76.5 Å². The number of nitrogens with zero attached hydrogens (tertiary/aromatic N) is 2. The van der Waals surface area contributed by atoms with Crippen LogP contribution in [0.2, 0.25) is 10.0 Å². The first-order valence-corrected chi connectivity index (χ1v) is 15.0. The SMILES string of the molecule is CCN(CC)S(=O)(=O)c1ccc(NC(=O)CN(c2cc(Cl)ccc2Cl)S(=O)(=O)c2ccc(C)cc2)cc1. The zero-order valence-corrected chi connectivity index (χ0v) is 23.6. The van der Waals surface area contributed by atoms with Gasteiger partial charge < -0.3 is 5.32 Å². The van der Waals surface area contributed by atoms with Crippen molar-refractivity contribution >= 4 is 60.5 Å². The van der Waals surface area contributed by atoms with Crippen molar-refractivity contribution in [3.63, 3.8) is 0 Å². The minimum absolute atomic E-state index is 0.0205. The molecule has 0 unspecified atom stereocenters. The Morgan fingerprint density at radius 3 is 1.92 bits per heavy atom. The molecule has 0 aliphatic heterocycles. The molecule has 0 bridgehead atoms. The Morgan fingerprint density at radius 1 is 0.811 bits per heavy atom. The van der Waals surface area contributed by atoms with Gasteiger partial charge in [0.25, 0.3) is 10.0 Å². The molecule has 3 rings (SSSR count). The van der Waals surface area contributed by atoms with Crippen LogP contribution >= 0.6 is 23.2 Å². The van der Waals surface area contributed by atoms with E-state index in [2.05, 4.69) is 5.32 Å². The molecule has 0 radical (unpaired) electrons. The summed E-state index contributed by atoms with van der Waals surface area (Å²) < 4.78 is 54.7. The number of anilines is 2. The summed E-state index contributed by atoms with van der Waals surface area (Å²) in [6.45, 7) is 5.38. The summed E-state index contributed by atoms with van der Waals surface area (Å²) in [4.78, 5) is 13.1. The molecule has 3 aromatic rings. The van der Waals surface area contributed by atoms with E-state index in [-0.39, 0.29) is 25.5 Å². The van der Waals surface area contributed by atoms with Gasteiger partial charge in [0.05, 0.1) is 20.5 Å². The van der Waals surface area contributed by atoms with Gasteiger partial charge in [0.1, 0.15) is 6.54 Å². The van der Waals surface area contributed by atoms with Crippen LogP contribution in [0.4, 0.5) is 11.4 Å². The molecule has 0 spiro atoms. The minimum Gasteiger partial charge on any atom is -0.325 e. The monoisotopic (exact) mass is 583 g/mol. The van der Waals surface area contributed by atoms with E-state index in [4.69, 9.17) is 23.2 Å². The van der Waals surface area contributed by atoms with Crippen LogP contribution < -0.4 is 9.62 Å². The molecule has 0 atom stereocenters. The fourth-order valence-corrected chi connectivity index (χ4v) is 6.89. The summed E-state index contributed by atoms with van der Waals surface area (Å²) >= 11 is 12.4. The van der Waals surface area contributed by atoms with E-state index in [1.165, 1.54) is 58.9 Å². The molecular weight excluding hydrogens is 557 g/mol. The zero-order chi connectivity index (χ0) is 27.4. The van der Waals surface area contributed by atoms with Gasteiger partial charge in [0.15, 0.2) is 0 Å². The molecule has 0 saturated heterocycles. The van der Waals surface area contributed by atoms with Gasteiger partial charge in [-0.15, -0.1) is 0 Å². The number of amides is 1. The summed E-state index contributed by atoms with van der Waals surface area (Å²) in [5, 5.41) is 2.96. The Balaban J connectivity index is 1.90. The predicted octanol–water partition coefficient (Wildman–Crippen LogP) is 5.17. The fourth-order valence-electron chi connectivity index (χ4n) is 3.57. The lowest BCUT2D eigenvalue weighted by atomic mass is 10.2. The number of aryl methyl sites for hydroxylation is 1. The van der Waals surface area contributed by atoms with Crippen molar-refractivity contribution in [2.45, 2.75) is 30.6 Å². The summed E-state index contributed by atoms with van der Waals surface area (Å²) in [5.74, 6) is -0.661. The Morgan fingerprint density at radius 2 is 1.35 bits per heavy atom. The van der Waals surface area contributed by atoms with Crippen molar-refractivity contribution in [1.29, 1.82) is 0 Å². The van der Waals surface area contributed by atoms with Crippen LogP contribution in [0, 0.1) is 6.92 Å². The molecule has 0 saturated carbocycles. The van der Waals surface area contributed by atoms with Gasteiger partial charge in [-0.2, -0.15) is 4.31 Å². The molecule has 1 N–H and O–H groups in total. The lowest BCUT2D eigenvalue weighted by molar-refractivity contribution is -0.114. The second-order valence-electron chi connectivity index (χ2n) is 8.08. The Bertz CT molecular complexity index is 1470. The third-order valence-corrected chi connectivity index (χ3v) is 9.95. The molecule has 0 aliphatic rings. The lowest BCUT2D eigenvalue weighted by Crippen LogP contribution is -2.38. The van der Waals surface area contributed by atoms with Crippen molar-refractivity contribution < 1.29 is 21.6 Å². The predicted molar refractivity (Wildman–Crippen MR) is 147 cm³/mol. The highest BCUT2D eigenvalue weighted by Gasteiger charge is 2.29. The second kappa shape index (κ2) is 11.8. The van der Waals surface area contributed by atoms with Crippen LogP contribution in [0.5, 0.6) is 0 Å². The lowest BCUT2D eigenvalue weighted by Gasteiger charge is -2.25. The summed E-state index contributed by atoms with van der Waals surface area (Å²) in [5.41, 5.74) is 1.22. The van der Waals surface area contributed by atoms with Gasteiger partial charge in [-0.25, -0.2) is 16.8 Å². The summed E-state index contributed by atoms with van der Waals surface area (Å²) in [7, 11) is -7.85. The first-order valence-electron chi connectivity index (χ1n) is 11.3. The third-order valence-electron chi connectivity index (χ3n) is 5.55. The fraction of sp³-hybridized carbons (Fsp3) is 0.240. The van der Waals surface area contributed by atoms with Crippen LogP contribution in [-0.4, -0.2) is 46.7 Å². The number of carbonyl (C=O) groups excluding carboxylic acids is 1. The van der Waals surface area contributed by atoms with E-state index in [9.17, 15) is 21.6 Å². The van der Waals surface area contributed by atoms with E-state index in [1.54, 1.807) is 26.0 Å². The number of benzene rings is 3. The normalized spacial score (nSPS) is 11.9. The molecule has 37 heavy (non-hydrogen) atoms. The van der Waals surface area contributed by atoms with Crippen molar-refractivity contribution in [2.75, 3.05) is 29.3 Å². The standard InChI is InChI=1S/C25H27Cl2N3O5S2/c1-4-29(5-2)36(32,33)21-13-9-20(10-14-21)28-25(31)17-30(24-16-19(26)8-15-23(24)27)37(34,35)22-11-6-18(3)7-12-22/h6-16H,4-5,17H2,1-3H3,(H,28,31). The number of sulfonamides is 2. The first kappa shape index (κ1) is 28.9. The summed E-state index contributed by atoms with van der Waals surface area (Å²) in [6, 6.07) is 16.2. The van der Waals surface area contributed by atoms with E-state index < -0.39 is 32.5 Å². The van der Waals surface area contributed by atoms with Crippen molar-refractivity contribution in [3.8, 4) is 0 Å². The van der Waals surface area contributed by atoms with E-state index in [0.29, 0.717) is 18.8 Å². The highest BCUT2D eigenvalue weighted by Crippen LogP contribution is 2.33. The Kier molecular flexibility index (Phi) is 9.25. The molecule has 1 amide bonds. The van der Waals surface area contributed by atoms with Gasteiger partial charge in [-0.05, 0) is 61.5 Å². The molecular formula is C25H27Cl2N3O5S2. The summed E-state index contributed by atoms with van der Waals surface area (Å²) in [6.07, 6.45) is 0. The largest absolute Gasteiger partial charge is 0.325 e. The number of halogens is 2. The van der Waals surface area contributed by atoms with Gasteiger partial charge >= 0.3 is 0 Å². The van der Waals surface area contributed by atoms with E-state index >= 15 is 0 Å². The van der Waals surface area contributed by atoms with Gasteiger partial charge in [0.2, 0.25) is 15.9 Å². The topological polar surface area (TPSA) is 104 Å². The first-order chi connectivity index (χ1) is 17.4. The molecule has 0 fully saturated rings. The van der Waals surface area contributed by atoms with E-state index in [0.717, 1.165) is 9.87 Å². The van der Waals surface area contributed by atoms with Crippen LogP contribution in [0.1, 0.15) is 19.4 Å². The maximum absolute atomic E-state index is 13.5. The Hall–Kier alpha value is -2.63. The van der Waals surface area contributed by atoms with Crippen molar-refractivity contribution in [3.05, 3.63) is 82.3 Å². The highest BCUT2D eigenvalue weighted by molar-refractivity contribution is 7.93. The van der Waals surface area contributed by atoms with Crippen LogP contribution in [0.3, 0.4) is 0 Å². The number of carbonyl (C=O) groups is 1. The van der Waals surface area contributed by atoms with Crippen molar-refractivity contribution in [2.24, 2.45) is 0 Å². The van der Waals surface area contributed by atoms with Gasteiger partial charge in [-0.1, -0.05) is 54.7 Å². The number of hydrogen-bond acceptors (Lipinski definition) is 5. The Labute approximate surface area is 227 Å². The van der Waals surface area contributed by atoms with E-state index in [1.807, 2.05) is 6.92 Å². The number of hydrogen-bond donors (Lipinski definition) is 1. The highest BCUT2D eigenvalue weighted by atomic mass is 35.5. The minimum atomic E-state index is -4.19. The molecule has 8 nitrogen and oxygen atoms in total. The average Bonchev–Trinajstić information content (AvgIpc) is 2.85. The second-order valence-corrected chi connectivity index (χ2v) is 12.7. The number of rotatable bonds is 10. The van der Waals surface area contributed by atoms with Crippen LogP contribution in [0.25, 0.3) is 0 Å². The molecule has 0 heterocycles. The van der Waals surface area contributed by atoms with Gasteiger partial charge in [0, 0.05) is 23.8 Å². The average molecular weight is 585 g/mol. The molecule has 0 aliphatic carbocycles. The third kappa shape index (κ3) is 6.63. The molecule has 198 valence electrons.